The molecule has 0 atom stereocenters. The van der Waals surface area contributed by atoms with Crippen molar-refractivity contribution in [3.63, 3.8) is 0 Å². The van der Waals surface area contributed by atoms with Gasteiger partial charge in [-0.3, -0.25) is 9.69 Å². The fourth-order valence-corrected chi connectivity index (χ4v) is 5.04. The minimum Gasteiger partial charge on any atom is -0.411 e. The standard InChI is InChI=1S/C24H24N4O2S2/c1-5-18-6-8-21(9-7-18)28(17(4)29)23-25-20(13-31-23)14-32-24-27-26-22(30-24)19-11-15(2)10-16(3)12-19/h6-13H,5,14H2,1-4H3. The average Bonchev–Trinajstić information content (AvgIpc) is 3.42. The highest BCUT2D eigenvalue weighted by molar-refractivity contribution is 7.98. The summed E-state index contributed by atoms with van der Waals surface area (Å²) in [5.74, 6) is 1.01. The molecule has 6 nitrogen and oxygen atoms in total. The number of aryl methyl sites for hydroxylation is 3. The van der Waals surface area contributed by atoms with E-state index >= 15 is 0 Å². The molecule has 0 aliphatic rings. The van der Waals surface area contributed by atoms with Gasteiger partial charge < -0.3 is 4.42 Å². The Hall–Kier alpha value is -2.97. The molecule has 0 N–H and O–H groups in total. The summed E-state index contributed by atoms with van der Waals surface area (Å²) in [6.07, 6.45) is 0.958. The van der Waals surface area contributed by atoms with E-state index < -0.39 is 0 Å². The minimum atomic E-state index is -0.0715. The Morgan fingerprint density at radius 3 is 2.47 bits per heavy atom. The number of hydrogen-bond acceptors (Lipinski definition) is 7. The van der Waals surface area contributed by atoms with Crippen LogP contribution in [0.3, 0.4) is 0 Å². The number of rotatable bonds is 7. The molecule has 4 rings (SSSR count). The predicted octanol–water partition coefficient (Wildman–Crippen LogP) is 6.35. The number of anilines is 2. The molecule has 0 saturated heterocycles. The van der Waals surface area contributed by atoms with Gasteiger partial charge in [-0.2, -0.15) is 0 Å². The fourth-order valence-electron chi connectivity index (χ4n) is 3.39. The Labute approximate surface area is 195 Å². The second kappa shape index (κ2) is 9.67. The quantitative estimate of drug-likeness (QED) is 0.297. The van der Waals surface area contributed by atoms with Crippen molar-refractivity contribution in [2.24, 2.45) is 0 Å². The van der Waals surface area contributed by atoms with E-state index in [2.05, 4.69) is 28.2 Å². The molecule has 0 radical (unpaired) electrons. The summed E-state index contributed by atoms with van der Waals surface area (Å²) in [7, 11) is 0. The van der Waals surface area contributed by atoms with Crippen LogP contribution in [0.15, 0.2) is 57.5 Å². The van der Waals surface area contributed by atoms with E-state index in [-0.39, 0.29) is 5.91 Å². The van der Waals surface area contributed by atoms with Crippen LogP contribution in [0.4, 0.5) is 10.8 Å². The minimum absolute atomic E-state index is 0.0715. The second-order valence-corrected chi connectivity index (χ2v) is 9.30. The third kappa shape index (κ3) is 5.08. The van der Waals surface area contributed by atoms with Crippen LogP contribution in [0.5, 0.6) is 0 Å². The van der Waals surface area contributed by atoms with E-state index in [1.54, 1.807) is 11.8 Å². The molecule has 0 bridgehead atoms. The fraction of sp³-hybridized carbons (Fsp3) is 0.250. The van der Waals surface area contributed by atoms with Gasteiger partial charge in [0.2, 0.25) is 11.8 Å². The van der Waals surface area contributed by atoms with Gasteiger partial charge in [-0.1, -0.05) is 48.0 Å². The molecule has 8 heteroatoms. The monoisotopic (exact) mass is 464 g/mol. The van der Waals surface area contributed by atoms with Crippen molar-refractivity contribution < 1.29 is 9.21 Å². The Balaban J connectivity index is 1.46. The molecule has 0 aliphatic carbocycles. The normalized spacial score (nSPS) is 11.0. The lowest BCUT2D eigenvalue weighted by Gasteiger charge is -2.18. The zero-order chi connectivity index (χ0) is 22.7. The zero-order valence-corrected chi connectivity index (χ0v) is 20.1. The van der Waals surface area contributed by atoms with Gasteiger partial charge in [0.25, 0.3) is 5.22 Å². The van der Waals surface area contributed by atoms with Crippen molar-refractivity contribution in [3.05, 3.63) is 70.2 Å². The molecule has 164 valence electrons. The van der Waals surface area contributed by atoms with Gasteiger partial charge in [0.05, 0.1) is 11.4 Å². The molecule has 0 aliphatic heterocycles. The number of nitrogens with zero attached hydrogens (tertiary/aromatic N) is 4. The number of benzene rings is 2. The Morgan fingerprint density at radius 1 is 1.09 bits per heavy atom. The maximum absolute atomic E-state index is 12.3. The Bertz CT molecular complexity index is 1210. The predicted molar refractivity (Wildman–Crippen MR) is 130 cm³/mol. The summed E-state index contributed by atoms with van der Waals surface area (Å²) in [5.41, 5.74) is 6.14. The number of thiazole rings is 1. The first-order valence-electron chi connectivity index (χ1n) is 10.3. The maximum atomic E-state index is 12.3. The summed E-state index contributed by atoms with van der Waals surface area (Å²) in [6, 6.07) is 14.2. The van der Waals surface area contributed by atoms with Crippen molar-refractivity contribution in [3.8, 4) is 11.5 Å². The second-order valence-electron chi connectivity index (χ2n) is 7.53. The van der Waals surface area contributed by atoms with Crippen LogP contribution in [0.1, 0.15) is 36.2 Å². The Kier molecular flexibility index (Phi) is 6.72. The van der Waals surface area contributed by atoms with Crippen LogP contribution in [0.25, 0.3) is 11.5 Å². The van der Waals surface area contributed by atoms with E-state index in [0.29, 0.717) is 22.0 Å². The lowest BCUT2D eigenvalue weighted by molar-refractivity contribution is -0.115. The first-order chi connectivity index (χ1) is 15.4. The summed E-state index contributed by atoms with van der Waals surface area (Å²) in [5, 5.41) is 11.4. The number of thioether (sulfide) groups is 1. The molecular weight excluding hydrogens is 440 g/mol. The highest BCUT2D eigenvalue weighted by Gasteiger charge is 2.18. The number of aromatic nitrogens is 3. The van der Waals surface area contributed by atoms with Crippen LogP contribution in [-0.2, 0) is 17.0 Å². The summed E-state index contributed by atoms with van der Waals surface area (Å²) in [6.45, 7) is 7.75. The van der Waals surface area contributed by atoms with Gasteiger partial charge in [-0.05, 0) is 50.1 Å². The van der Waals surface area contributed by atoms with Crippen LogP contribution in [0, 0.1) is 13.8 Å². The van der Waals surface area contributed by atoms with Crippen LogP contribution < -0.4 is 4.90 Å². The van der Waals surface area contributed by atoms with E-state index in [0.717, 1.165) is 34.5 Å². The third-order valence-corrected chi connectivity index (χ3v) is 6.59. The molecule has 0 fully saturated rings. The van der Waals surface area contributed by atoms with Gasteiger partial charge in [0.15, 0.2) is 5.13 Å². The molecule has 1 amide bonds. The van der Waals surface area contributed by atoms with Gasteiger partial charge >= 0.3 is 0 Å². The third-order valence-electron chi connectivity index (χ3n) is 4.87. The highest BCUT2D eigenvalue weighted by atomic mass is 32.2. The summed E-state index contributed by atoms with van der Waals surface area (Å²) in [4.78, 5) is 18.6. The summed E-state index contributed by atoms with van der Waals surface area (Å²) < 4.78 is 5.84. The molecule has 32 heavy (non-hydrogen) atoms. The number of carbonyl (C=O) groups excluding carboxylic acids is 1. The first-order valence-corrected chi connectivity index (χ1v) is 12.2. The van der Waals surface area contributed by atoms with Crippen LogP contribution >= 0.6 is 23.1 Å². The van der Waals surface area contributed by atoms with Crippen molar-refractivity contribution in [2.45, 2.75) is 45.1 Å². The largest absolute Gasteiger partial charge is 0.411 e. The maximum Gasteiger partial charge on any atom is 0.277 e. The molecular formula is C24H24N4O2S2. The van der Waals surface area contributed by atoms with Crippen molar-refractivity contribution in [2.75, 3.05) is 4.90 Å². The molecule has 0 spiro atoms. The number of hydrogen-bond donors (Lipinski definition) is 0. The van der Waals surface area contributed by atoms with Gasteiger partial charge in [0, 0.05) is 23.6 Å². The molecule has 2 heterocycles. The molecule has 2 aromatic heterocycles. The van der Waals surface area contributed by atoms with E-state index in [4.69, 9.17) is 4.42 Å². The van der Waals surface area contributed by atoms with Gasteiger partial charge in [-0.25, -0.2) is 4.98 Å². The van der Waals surface area contributed by atoms with Gasteiger partial charge in [0.1, 0.15) is 0 Å². The highest BCUT2D eigenvalue weighted by Crippen LogP contribution is 2.32. The van der Waals surface area contributed by atoms with Crippen molar-refractivity contribution in [1.29, 1.82) is 0 Å². The number of amides is 1. The molecule has 4 aromatic rings. The van der Waals surface area contributed by atoms with E-state index in [1.165, 1.54) is 28.7 Å². The average molecular weight is 465 g/mol. The topological polar surface area (TPSA) is 72.1 Å². The summed E-state index contributed by atoms with van der Waals surface area (Å²) >= 11 is 2.88. The van der Waals surface area contributed by atoms with E-state index in [1.807, 2.05) is 55.6 Å². The Morgan fingerprint density at radius 2 is 1.81 bits per heavy atom. The van der Waals surface area contributed by atoms with Crippen LogP contribution in [-0.4, -0.2) is 21.1 Å². The van der Waals surface area contributed by atoms with E-state index in [9.17, 15) is 4.79 Å². The molecule has 0 unspecified atom stereocenters. The zero-order valence-electron chi connectivity index (χ0n) is 18.5. The van der Waals surface area contributed by atoms with Crippen molar-refractivity contribution >= 4 is 39.8 Å². The SMILES string of the molecule is CCc1ccc(N(C(C)=O)c2nc(CSc3nnc(-c4cc(C)cc(C)c4)o3)cs2)cc1. The number of carbonyl (C=O) groups is 1. The molecule has 0 saturated carbocycles. The van der Waals surface area contributed by atoms with Crippen molar-refractivity contribution in [1.82, 2.24) is 15.2 Å². The van der Waals surface area contributed by atoms with Crippen LogP contribution in [0.2, 0.25) is 0 Å². The lowest BCUT2D eigenvalue weighted by Crippen LogP contribution is -2.22. The lowest BCUT2D eigenvalue weighted by atomic mass is 10.1. The smallest absolute Gasteiger partial charge is 0.277 e. The van der Waals surface area contributed by atoms with Gasteiger partial charge in [-0.15, -0.1) is 21.5 Å². The first kappa shape index (κ1) is 22.2. The molecule has 2 aromatic carbocycles.